The van der Waals surface area contributed by atoms with Crippen molar-refractivity contribution < 1.29 is 5.11 Å². The molecule has 1 N–H and O–H groups in total. The van der Waals surface area contributed by atoms with Crippen LogP contribution in [0.3, 0.4) is 0 Å². The van der Waals surface area contributed by atoms with Crippen LogP contribution >= 0.6 is 0 Å². The molecule has 1 fully saturated rings. The molecule has 1 saturated carbocycles. The number of hydrogen-bond acceptors (Lipinski definition) is 1. The van der Waals surface area contributed by atoms with Crippen LogP contribution in [0.25, 0.3) is 0 Å². The van der Waals surface area contributed by atoms with E-state index in [0.717, 1.165) is 12.8 Å². The van der Waals surface area contributed by atoms with E-state index in [9.17, 15) is 5.11 Å². The maximum Gasteiger partial charge on any atom is 0.0673 e. The summed E-state index contributed by atoms with van der Waals surface area (Å²) in [6.07, 6.45) is 14.0. The lowest BCUT2D eigenvalue weighted by atomic mass is 9.87. The third-order valence-electron chi connectivity index (χ3n) is 4.38. The minimum absolute atomic E-state index is 0.302. The molecule has 0 heterocycles. The van der Waals surface area contributed by atoms with Crippen LogP contribution in [-0.4, -0.2) is 10.7 Å². The van der Waals surface area contributed by atoms with Crippen molar-refractivity contribution in [2.75, 3.05) is 0 Å². The van der Waals surface area contributed by atoms with E-state index in [1.807, 2.05) is 0 Å². The fourth-order valence-electron chi connectivity index (χ4n) is 2.99. The first-order chi connectivity index (χ1) is 7.69. The number of aliphatic hydroxyl groups is 1. The van der Waals surface area contributed by atoms with Gasteiger partial charge in [0.1, 0.15) is 0 Å². The lowest BCUT2D eigenvalue weighted by Crippen LogP contribution is -2.31. The number of hydrogen-bond donors (Lipinski definition) is 1. The highest BCUT2D eigenvalue weighted by molar-refractivity contribution is 4.89. The smallest absolute Gasteiger partial charge is 0.0673 e. The number of unbranched alkanes of at least 4 members (excludes halogenated alkanes) is 6. The molecule has 0 aromatic carbocycles. The Hall–Kier alpha value is -0.0400. The molecule has 0 amide bonds. The monoisotopic (exact) mass is 226 g/mol. The molecule has 0 radical (unpaired) electrons. The van der Waals surface area contributed by atoms with Gasteiger partial charge in [0, 0.05) is 0 Å². The van der Waals surface area contributed by atoms with Crippen molar-refractivity contribution in [3.63, 3.8) is 0 Å². The van der Waals surface area contributed by atoms with Crippen LogP contribution in [-0.2, 0) is 0 Å². The van der Waals surface area contributed by atoms with Gasteiger partial charge in [0.15, 0.2) is 0 Å². The molecule has 1 nitrogen and oxygen atoms in total. The first-order valence-corrected chi connectivity index (χ1v) is 7.41. The molecule has 2 unspecified atom stereocenters. The first-order valence-electron chi connectivity index (χ1n) is 7.41. The summed E-state index contributed by atoms with van der Waals surface area (Å²) in [5, 5.41) is 10.4. The molecule has 16 heavy (non-hydrogen) atoms. The lowest BCUT2D eigenvalue weighted by Gasteiger charge is -2.27. The Kier molecular flexibility index (Phi) is 6.41. The van der Waals surface area contributed by atoms with Crippen LogP contribution in [0.1, 0.15) is 84.5 Å². The highest BCUT2D eigenvalue weighted by Crippen LogP contribution is 2.38. The fourth-order valence-corrected chi connectivity index (χ4v) is 2.99. The molecule has 0 saturated heterocycles. The van der Waals surface area contributed by atoms with Gasteiger partial charge in [-0.1, -0.05) is 65.2 Å². The Labute approximate surface area is 102 Å². The fraction of sp³-hybridized carbons (Fsp3) is 1.00. The van der Waals surface area contributed by atoms with Gasteiger partial charge in [-0.2, -0.15) is 0 Å². The van der Waals surface area contributed by atoms with Gasteiger partial charge in [0.25, 0.3) is 0 Å². The first kappa shape index (κ1) is 14.0. The van der Waals surface area contributed by atoms with Crippen LogP contribution in [0.2, 0.25) is 0 Å². The Morgan fingerprint density at radius 3 is 2.25 bits per heavy atom. The van der Waals surface area contributed by atoms with Crippen LogP contribution in [0.5, 0.6) is 0 Å². The van der Waals surface area contributed by atoms with E-state index in [1.165, 1.54) is 57.8 Å². The predicted octanol–water partition coefficient (Wildman–Crippen LogP) is 4.68. The zero-order chi connectivity index (χ0) is 11.9. The van der Waals surface area contributed by atoms with E-state index in [2.05, 4.69) is 13.8 Å². The summed E-state index contributed by atoms with van der Waals surface area (Å²) >= 11 is 0. The van der Waals surface area contributed by atoms with Gasteiger partial charge in [-0.25, -0.2) is 0 Å². The predicted molar refractivity (Wildman–Crippen MR) is 70.6 cm³/mol. The average molecular weight is 226 g/mol. The van der Waals surface area contributed by atoms with Crippen molar-refractivity contribution >= 4 is 0 Å². The van der Waals surface area contributed by atoms with Crippen molar-refractivity contribution in [2.45, 2.75) is 90.1 Å². The van der Waals surface area contributed by atoms with E-state index in [1.54, 1.807) is 0 Å². The van der Waals surface area contributed by atoms with Crippen LogP contribution in [0.4, 0.5) is 0 Å². The third kappa shape index (κ3) is 4.45. The van der Waals surface area contributed by atoms with Gasteiger partial charge in [-0.15, -0.1) is 0 Å². The molecule has 0 bridgehead atoms. The summed E-state index contributed by atoms with van der Waals surface area (Å²) in [6.45, 7) is 4.48. The summed E-state index contributed by atoms with van der Waals surface area (Å²) in [5.74, 6) is 0.535. The highest BCUT2D eigenvalue weighted by Gasteiger charge is 2.37. The molecule has 0 aromatic heterocycles. The molecule has 1 aliphatic carbocycles. The Balaban J connectivity index is 1.98. The highest BCUT2D eigenvalue weighted by atomic mass is 16.3. The van der Waals surface area contributed by atoms with Crippen LogP contribution < -0.4 is 0 Å². The van der Waals surface area contributed by atoms with Gasteiger partial charge < -0.3 is 5.11 Å². The van der Waals surface area contributed by atoms with Crippen molar-refractivity contribution in [2.24, 2.45) is 5.92 Å². The zero-order valence-electron chi connectivity index (χ0n) is 11.3. The van der Waals surface area contributed by atoms with Gasteiger partial charge in [-0.3, -0.25) is 0 Å². The normalized spacial score (nSPS) is 29.8. The lowest BCUT2D eigenvalue weighted by molar-refractivity contribution is -0.00127. The third-order valence-corrected chi connectivity index (χ3v) is 4.38. The summed E-state index contributed by atoms with van der Waals surface area (Å²) in [7, 11) is 0. The molecule has 2 atom stereocenters. The second kappa shape index (κ2) is 7.32. The van der Waals surface area contributed by atoms with E-state index in [-0.39, 0.29) is 5.60 Å². The quantitative estimate of drug-likeness (QED) is 0.596. The maximum atomic E-state index is 10.4. The van der Waals surface area contributed by atoms with Gasteiger partial charge in [-0.05, 0) is 25.2 Å². The minimum Gasteiger partial charge on any atom is -0.390 e. The van der Waals surface area contributed by atoms with E-state index >= 15 is 0 Å². The molecule has 1 aliphatic rings. The molecule has 0 aliphatic heterocycles. The van der Waals surface area contributed by atoms with E-state index in [4.69, 9.17) is 0 Å². The summed E-state index contributed by atoms with van der Waals surface area (Å²) in [6, 6.07) is 0. The second-order valence-electron chi connectivity index (χ2n) is 5.77. The summed E-state index contributed by atoms with van der Waals surface area (Å²) in [5.41, 5.74) is -0.302. The van der Waals surface area contributed by atoms with Crippen LogP contribution in [0.15, 0.2) is 0 Å². The standard InChI is InChI=1S/C15H30O/c1-3-4-5-6-7-8-9-12-15(16)13-10-11-14(15)2/h14,16H,3-13H2,1-2H3. The topological polar surface area (TPSA) is 20.2 Å². The number of rotatable bonds is 8. The molecular weight excluding hydrogens is 196 g/mol. The molecule has 1 rings (SSSR count). The summed E-state index contributed by atoms with van der Waals surface area (Å²) in [4.78, 5) is 0. The van der Waals surface area contributed by atoms with Crippen molar-refractivity contribution in [3.8, 4) is 0 Å². The molecule has 0 aromatic rings. The van der Waals surface area contributed by atoms with Crippen molar-refractivity contribution in [3.05, 3.63) is 0 Å². The second-order valence-corrected chi connectivity index (χ2v) is 5.77. The van der Waals surface area contributed by atoms with Crippen molar-refractivity contribution in [1.82, 2.24) is 0 Å². The average Bonchev–Trinajstić information content (AvgIpc) is 2.59. The Morgan fingerprint density at radius 1 is 1.06 bits per heavy atom. The Bertz CT molecular complexity index is 178. The molecule has 1 heteroatoms. The summed E-state index contributed by atoms with van der Waals surface area (Å²) < 4.78 is 0. The van der Waals surface area contributed by atoms with Crippen molar-refractivity contribution in [1.29, 1.82) is 0 Å². The van der Waals surface area contributed by atoms with Gasteiger partial charge >= 0.3 is 0 Å². The molecule has 0 spiro atoms. The van der Waals surface area contributed by atoms with Gasteiger partial charge in [0.2, 0.25) is 0 Å². The SMILES string of the molecule is CCCCCCCCCC1(O)CCCC1C. The molecular formula is C15H30O. The van der Waals surface area contributed by atoms with Crippen LogP contribution in [0, 0.1) is 5.92 Å². The maximum absolute atomic E-state index is 10.4. The zero-order valence-corrected chi connectivity index (χ0v) is 11.3. The largest absolute Gasteiger partial charge is 0.390 e. The Morgan fingerprint density at radius 2 is 1.69 bits per heavy atom. The minimum atomic E-state index is -0.302. The van der Waals surface area contributed by atoms with Gasteiger partial charge in [0.05, 0.1) is 5.60 Å². The van der Waals surface area contributed by atoms with E-state index in [0.29, 0.717) is 5.92 Å². The van der Waals surface area contributed by atoms with E-state index < -0.39 is 0 Å². The molecule has 96 valence electrons.